The molecule has 0 saturated carbocycles. The topological polar surface area (TPSA) is 56.8 Å². The van der Waals surface area contributed by atoms with Crippen LogP contribution in [0.3, 0.4) is 0 Å². The Balaban J connectivity index is 1.70. The Labute approximate surface area is 156 Å². The smallest absolute Gasteiger partial charge is 0.407 e. The molecule has 2 unspecified atom stereocenters. The predicted molar refractivity (Wildman–Crippen MR) is 103 cm³/mol. The average Bonchev–Trinajstić information content (AvgIpc) is 2.66. The fourth-order valence-corrected chi connectivity index (χ4v) is 3.22. The third kappa shape index (κ3) is 6.28. The van der Waals surface area contributed by atoms with Crippen LogP contribution < -0.4 is 14.8 Å². The monoisotopic (exact) mass is 361 g/mol. The number of rotatable bonds is 8. The second kappa shape index (κ2) is 10.1. The van der Waals surface area contributed by atoms with Crippen LogP contribution in [0.1, 0.15) is 38.7 Å². The molecule has 1 N–H and O–H groups in total. The standard InChI is InChI=1S/C21H31NO4/c1-15-5-7-18(8-6-15)16(2)14-26-21(23)22-10-9-17-11-19(24-3)13-20(12-17)25-4/h5,11-13,16,18H,6-10,14H2,1-4H3,(H,22,23). The first-order chi connectivity index (χ1) is 12.5. The van der Waals surface area contributed by atoms with E-state index in [2.05, 4.69) is 25.2 Å². The van der Waals surface area contributed by atoms with Gasteiger partial charge in [0, 0.05) is 12.6 Å². The zero-order valence-electron chi connectivity index (χ0n) is 16.3. The van der Waals surface area contributed by atoms with Crippen molar-refractivity contribution in [3.63, 3.8) is 0 Å². The molecule has 1 aromatic carbocycles. The van der Waals surface area contributed by atoms with Crippen LogP contribution in [0.25, 0.3) is 0 Å². The lowest BCUT2D eigenvalue weighted by Crippen LogP contribution is -2.29. The number of methoxy groups -OCH3 is 2. The zero-order valence-corrected chi connectivity index (χ0v) is 16.3. The lowest BCUT2D eigenvalue weighted by molar-refractivity contribution is 0.112. The summed E-state index contributed by atoms with van der Waals surface area (Å²) in [5.74, 6) is 2.48. The Morgan fingerprint density at radius 1 is 1.23 bits per heavy atom. The van der Waals surface area contributed by atoms with Crippen LogP contribution in [0, 0.1) is 11.8 Å². The number of carbonyl (C=O) groups excluding carboxylic acids is 1. The summed E-state index contributed by atoms with van der Waals surface area (Å²) in [5, 5.41) is 2.82. The van der Waals surface area contributed by atoms with Gasteiger partial charge in [-0.05, 0) is 62.1 Å². The number of amides is 1. The number of nitrogens with one attached hydrogen (secondary N) is 1. The van der Waals surface area contributed by atoms with Gasteiger partial charge in [-0.1, -0.05) is 18.6 Å². The molecule has 0 spiro atoms. The van der Waals surface area contributed by atoms with E-state index >= 15 is 0 Å². The summed E-state index contributed by atoms with van der Waals surface area (Å²) < 4.78 is 15.9. The van der Waals surface area contributed by atoms with Crippen LogP contribution in [0.4, 0.5) is 4.79 Å². The normalized spacial score (nSPS) is 17.8. The summed E-state index contributed by atoms with van der Waals surface area (Å²) in [6.45, 7) is 5.32. The molecule has 0 radical (unpaired) electrons. The van der Waals surface area contributed by atoms with Crippen molar-refractivity contribution in [3.8, 4) is 11.5 Å². The van der Waals surface area contributed by atoms with E-state index in [-0.39, 0.29) is 6.09 Å². The van der Waals surface area contributed by atoms with Gasteiger partial charge in [0.1, 0.15) is 11.5 Å². The van der Waals surface area contributed by atoms with E-state index in [0.29, 0.717) is 31.4 Å². The molecule has 1 aliphatic carbocycles. The van der Waals surface area contributed by atoms with E-state index in [0.717, 1.165) is 29.9 Å². The average molecular weight is 361 g/mol. The van der Waals surface area contributed by atoms with Gasteiger partial charge in [-0.3, -0.25) is 0 Å². The molecule has 1 aromatic rings. The fourth-order valence-electron chi connectivity index (χ4n) is 3.22. The third-order valence-electron chi connectivity index (χ3n) is 5.05. The van der Waals surface area contributed by atoms with Gasteiger partial charge in [-0.15, -0.1) is 0 Å². The highest BCUT2D eigenvalue weighted by Gasteiger charge is 2.20. The maximum Gasteiger partial charge on any atom is 0.407 e. The second-order valence-corrected chi connectivity index (χ2v) is 7.06. The lowest BCUT2D eigenvalue weighted by atomic mass is 9.82. The summed E-state index contributed by atoms with van der Waals surface area (Å²) in [7, 11) is 3.25. The molecule has 0 saturated heterocycles. The first kappa shape index (κ1) is 20.1. The maximum absolute atomic E-state index is 11.9. The Kier molecular flexibility index (Phi) is 7.82. The van der Waals surface area contributed by atoms with Crippen LogP contribution in [-0.4, -0.2) is 33.5 Å². The molecule has 1 amide bonds. The molecule has 2 atom stereocenters. The first-order valence-corrected chi connectivity index (χ1v) is 9.30. The van der Waals surface area contributed by atoms with Crippen molar-refractivity contribution in [2.75, 3.05) is 27.4 Å². The number of hydrogen-bond acceptors (Lipinski definition) is 4. The Hall–Kier alpha value is -2.17. The molecule has 0 bridgehead atoms. The minimum Gasteiger partial charge on any atom is -0.497 e. The van der Waals surface area contributed by atoms with Gasteiger partial charge in [0.05, 0.1) is 20.8 Å². The van der Waals surface area contributed by atoms with E-state index in [1.807, 2.05) is 18.2 Å². The SMILES string of the molecule is COc1cc(CCNC(=O)OCC(C)C2CC=C(C)CC2)cc(OC)c1. The highest BCUT2D eigenvalue weighted by atomic mass is 16.5. The van der Waals surface area contributed by atoms with Crippen LogP contribution in [-0.2, 0) is 11.2 Å². The number of allylic oxidation sites excluding steroid dienone is 2. The van der Waals surface area contributed by atoms with E-state index in [1.54, 1.807) is 14.2 Å². The molecule has 5 heteroatoms. The molecule has 26 heavy (non-hydrogen) atoms. The molecular formula is C21H31NO4. The minimum absolute atomic E-state index is 0.353. The molecule has 1 aliphatic rings. The van der Waals surface area contributed by atoms with Gasteiger partial charge in [0.15, 0.2) is 0 Å². The summed E-state index contributed by atoms with van der Waals surface area (Å²) in [6, 6.07) is 5.71. The van der Waals surface area contributed by atoms with Crippen LogP contribution >= 0.6 is 0 Å². The number of carbonyl (C=O) groups is 1. The molecule has 0 heterocycles. The van der Waals surface area contributed by atoms with Gasteiger partial charge in [0.25, 0.3) is 0 Å². The highest BCUT2D eigenvalue weighted by molar-refractivity contribution is 5.67. The van der Waals surface area contributed by atoms with E-state index in [4.69, 9.17) is 14.2 Å². The molecule has 2 rings (SSSR count). The van der Waals surface area contributed by atoms with E-state index in [1.165, 1.54) is 12.0 Å². The maximum atomic E-state index is 11.9. The molecule has 0 fully saturated rings. The van der Waals surface area contributed by atoms with Gasteiger partial charge in [-0.2, -0.15) is 0 Å². The van der Waals surface area contributed by atoms with Crippen molar-refractivity contribution < 1.29 is 19.0 Å². The van der Waals surface area contributed by atoms with Gasteiger partial charge in [-0.25, -0.2) is 4.79 Å². The largest absolute Gasteiger partial charge is 0.497 e. The second-order valence-electron chi connectivity index (χ2n) is 7.06. The van der Waals surface area contributed by atoms with Crippen molar-refractivity contribution >= 4 is 6.09 Å². The van der Waals surface area contributed by atoms with Gasteiger partial charge < -0.3 is 19.5 Å². The quantitative estimate of drug-likeness (QED) is 0.699. The molecule has 0 aromatic heterocycles. The zero-order chi connectivity index (χ0) is 18.9. The molecule has 144 valence electrons. The summed E-state index contributed by atoms with van der Waals surface area (Å²) in [5.41, 5.74) is 2.51. The van der Waals surface area contributed by atoms with Crippen molar-refractivity contribution in [1.29, 1.82) is 0 Å². The van der Waals surface area contributed by atoms with Crippen LogP contribution in [0.5, 0.6) is 11.5 Å². The van der Waals surface area contributed by atoms with Crippen molar-refractivity contribution in [1.82, 2.24) is 5.32 Å². The number of alkyl carbamates (subject to hydrolysis) is 1. The fraction of sp³-hybridized carbons (Fsp3) is 0.571. The molecule has 0 aliphatic heterocycles. The Morgan fingerprint density at radius 2 is 1.92 bits per heavy atom. The Morgan fingerprint density at radius 3 is 2.50 bits per heavy atom. The highest BCUT2D eigenvalue weighted by Crippen LogP contribution is 2.29. The first-order valence-electron chi connectivity index (χ1n) is 9.30. The van der Waals surface area contributed by atoms with Crippen molar-refractivity contribution in [2.24, 2.45) is 11.8 Å². The predicted octanol–water partition coefficient (Wildman–Crippen LogP) is 4.36. The van der Waals surface area contributed by atoms with Crippen LogP contribution in [0.2, 0.25) is 0 Å². The summed E-state index contributed by atoms with van der Waals surface area (Å²) in [4.78, 5) is 11.9. The molecular weight excluding hydrogens is 330 g/mol. The minimum atomic E-state index is -0.353. The van der Waals surface area contributed by atoms with Gasteiger partial charge in [0.2, 0.25) is 0 Å². The number of ether oxygens (including phenoxy) is 3. The van der Waals surface area contributed by atoms with E-state index in [9.17, 15) is 4.79 Å². The number of hydrogen-bond donors (Lipinski definition) is 1. The third-order valence-corrected chi connectivity index (χ3v) is 5.05. The number of benzene rings is 1. The summed E-state index contributed by atoms with van der Waals surface area (Å²) in [6.07, 6.45) is 6.08. The van der Waals surface area contributed by atoms with Crippen LogP contribution in [0.15, 0.2) is 29.8 Å². The summed E-state index contributed by atoms with van der Waals surface area (Å²) >= 11 is 0. The van der Waals surface area contributed by atoms with Crippen molar-refractivity contribution in [2.45, 2.75) is 39.5 Å². The Bertz CT molecular complexity index is 604. The van der Waals surface area contributed by atoms with E-state index < -0.39 is 0 Å². The van der Waals surface area contributed by atoms with Crippen molar-refractivity contribution in [3.05, 3.63) is 35.4 Å². The molecule has 5 nitrogen and oxygen atoms in total. The van der Waals surface area contributed by atoms with Gasteiger partial charge >= 0.3 is 6.09 Å². The lowest BCUT2D eigenvalue weighted by Gasteiger charge is -2.26.